The second-order valence-electron chi connectivity index (χ2n) is 9.09. The Morgan fingerprint density at radius 1 is 0.968 bits per heavy atom. The summed E-state index contributed by atoms with van der Waals surface area (Å²) in [6.45, 7) is 6.18. The fraction of sp³-hybridized carbons (Fsp3) is 0.370. The molecule has 1 fully saturated rings. The molecule has 0 spiro atoms. The zero-order valence-electron chi connectivity index (χ0n) is 18.4. The van der Waals surface area contributed by atoms with Gasteiger partial charge in [0.1, 0.15) is 0 Å². The quantitative estimate of drug-likeness (QED) is 0.429. The van der Waals surface area contributed by atoms with Crippen molar-refractivity contribution in [2.75, 3.05) is 24.6 Å². The van der Waals surface area contributed by atoms with Crippen LogP contribution in [0.1, 0.15) is 49.2 Å². The minimum atomic E-state index is -0.171. The van der Waals surface area contributed by atoms with Crippen LogP contribution in [0.5, 0.6) is 0 Å². The lowest BCUT2D eigenvalue weighted by molar-refractivity contribution is -0.0837. The van der Waals surface area contributed by atoms with Gasteiger partial charge in [0.2, 0.25) is 5.78 Å². The van der Waals surface area contributed by atoms with Crippen molar-refractivity contribution in [2.24, 2.45) is 0 Å². The molecule has 4 rings (SSSR count). The molecular weight excluding hydrogens is 386 g/mol. The van der Waals surface area contributed by atoms with Crippen molar-refractivity contribution < 1.29 is 13.9 Å². The lowest BCUT2D eigenvalue weighted by Gasteiger charge is -2.46. The number of furan rings is 1. The van der Waals surface area contributed by atoms with Gasteiger partial charge in [0.05, 0.1) is 18.4 Å². The number of ether oxygens (including phenoxy) is 1. The van der Waals surface area contributed by atoms with Crippen LogP contribution in [0.15, 0.2) is 83.5 Å². The van der Waals surface area contributed by atoms with Crippen molar-refractivity contribution in [1.29, 1.82) is 0 Å². The Labute approximate surface area is 184 Å². The minimum Gasteiger partial charge on any atom is -0.461 e. The number of rotatable bonds is 8. The largest absolute Gasteiger partial charge is 0.461 e. The number of para-hydroxylation sites is 1. The van der Waals surface area contributed by atoms with E-state index >= 15 is 0 Å². The van der Waals surface area contributed by atoms with Gasteiger partial charge in [-0.2, -0.15) is 0 Å². The van der Waals surface area contributed by atoms with Crippen LogP contribution in [0.2, 0.25) is 0 Å². The van der Waals surface area contributed by atoms with Gasteiger partial charge in [-0.3, -0.25) is 4.79 Å². The summed E-state index contributed by atoms with van der Waals surface area (Å²) in [5.41, 5.74) is 2.26. The summed E-state index contributed by atoms with van der Waals surface area (Å²) >= 11 is 0. The van der Waals surface area contributed by atoms with Crippen LogP contribution in [0.3, 0.4) is 0 Å². The van der Waals surface area contributed by atoms with Crippen LogP contribution < -0.4 is 4.90 Å². The zero-order chi connectivity index (χ0) is 21.7. The van der Waals surface area contributed by atoms with E-state index in [0.29, 0.717) is 12.3 Å². The maximum absolute atomic E-state index is 12.8. The minimum absolute atomic E-state index is 0.00470. The molecule has 1 aromatic heterocycles. The van der Waals surface area contributed by atoms with Crippen LogP contribution in [-0.4, -0.2) is 31.1 Å². The Hall–Kier alpha value is -2.85. The molecule has 1 aliphatic rings. The number of carbonyl (C=O) groups is 1. The molecule has 4 heteroatoms. The smallest absolute Gasteiger partial charge is 0.217 e. The second-order valence-corrected chi connectivity index (χ2v) is 9.09. The number of benzene rings is 2. The monoisotopic (exact) mass is 417 g/mol. The van der Waals surface area contributed by atoms with Crippen molar-refractivity contribution in [1.82, 2.24) is 0 Å². The van der Waals surface area contributed by atoms with E-state index in [4.69, 9.17) is 9.15 Å². The molecule has 0 bridgehead atoms. The third-order valence-electron chi connectivity index (χ3n) is 6.34. The third kappa shape index (κ3) is 5.08. The number of Topliss-reactive ketones (excluding diaryl/α,β-unsaturated/α-hetero) is 1. The standard InChI is InChI=1S/C27H31NO3/c1-26(2)21-27(16-19-31-26,22-10-5-3-6-11-22)15-17-28(23-12-7-4-8-13-23)20-24(29)25-14-9-18-30-25/h3-14,18H,15-17,19-21H2,1-2H3. The first-order valence-corrected chi connectivity index (χ1v) is 11.0. The molecule has 0 amide bonds. The molecule has 1 unspecified atom stereocenters. The average molecular weight is 418 g/mol. The lowest BCUT2D eigenvalue weighted by Crippen LogP contribution is -2.46. The highest BCUT2D eigenvalue weighted by molar-refractivity contribution is 5.96. The number of hydrogen-bond acceptors (Lipinski definition) is 4. The first-order valence-electron chi connectivity index (χ1n) is 11.0. The highest BCUT2D eigenvalue weighted by Gasteiger charge is 2.42. The van der Waals surface area contributed by atoms with Gasteiger partial charge in [-0.25, -0.2) is 0 Å². The summed E-state index contributed by atoms with van der Waals surface area (Å²) in [6, 6.07) is 24.5. The molecule has 0 saturated carbocycles. The fourth-order valence-corrected chi connectivity index (χ4v) is 4.85. The maximum Gasteiger partial charge on any atom is 0.217 e. The normalized spacial score (nSPS) is 20.3. The number of nitrogens with zero attached hydrogens (tertiary/aromatic N) is 1. The summed E-state index contributed by atoms with van der Waals surface area (Å²) < 4.78 is 11.4. The highest BCUT2D eigenvalue weighted by atomic mass is 16.5. The Morgan fingerprint density at radius 2 is 1.68 bits per heavy atom. The van der Waals surface area contributed by atoms with Crippen molar-refractivity contribution in [2.45, 2.75) is 44.1 Å². The predicted molar refractivity (Wildman–Crippen MR) is 124 cm³/mol. The SMILES string of the molecule is CC1(C)CC(CCN(CC(=O)c2ccco2)c2ccccc2)(c2ccccc2)CCO1. The van der Waals surface area contributed by atoms with Gasteiger partial charge in [0.15, 0.2) is 5.76 Å². The molecule has 1 atom stereocenters. The summed E-state index contributed by atoms with van der Waals surface area (Å²) in [5, 5.41) is 0. The van der Waals surface area contributed by atoms with Gasteiger partial charge in [0, 0.05) is 24.3 Å². The van der Waals surface area contributed by atoms with E-state index in [1.807, 2.05) is 18.2 Å². The maximum atomic E-state index is 12.8. The van der Waals surface area contributed by atoms with Crippen LogP contribution in [-0.2, 0) is 10.2 Å². The van der Waals surface area contributed by atoms with Crippen molar-refractivity contribution in [3.8, 4) is 0 Å². The van der Waals surface area contributed by atoms with E-state index in [9.17, 15) is 4.79 Å². The third-order valence-corrected chi connectivity index (χ3v) is 6.34. The zero-order valence-corrected chi connectivity index (χ0v) is 18.4. The number of anilines is 1. The summed E-state index contributed by atoms with van der Waals surface area (Å²) in [7, 11) is 0. The van der Waals surface area contributed by atoms with Gasteiger partial charge in [-0.1, -0.05) is 48.5 Å². The molecule has 2 heterocycles. The topological polar surface area (TPSA) is 42.7 Å². The van der Waals surface area contributed by atoms with Gasteiger partial charge in [-0.05, 0) is 62.9 Å². The molecule has 31 heavy (non-hydrogen) atoms. The molecule has 3 aromatic rings. The lowest BCUT2D eigenvalue weighted by atomic mass is 9.67. The van der Waals surface area contributed by atoms with Gasteiger partial charge < -0.3 is 14.1 Å². The van der Waals surface area contributed by atoms with E-state index in [1.54, 1.807) is 18.4 Å². The average Bonchev–Trinajstić information content (AvgIpc) is 3.32. The summed E-state index contributed by atoms with van der Waals surface area (Å²) in [6.07, 6.45) is 4.44. The van der Waals surface area contributed by atoms with Crippen molar-refractivity contribution in [3.63, 3.8) is 0 Å². The fourth-order valence-electron chi connectivity index (χ4n) is 4.85. The van der Waals surface area contributed by atoms with E-state index in [2.05, 4.69) is 61.2 Å². The van der Waals surface area contributed by atoms with Gasteiger partial charge >= 0.3 is 0 Å². The molecule has 162 valence electrons. The molecule has 2 aromatic carbocycles. The molecule has 0 N–H and O–H groups in total. The van der Waals surface area contributed by atoms with Gasteiger partial charge in [-0.15, -0.1) is 0 Å². The Bertz CT molecular complexity index is 966. The van der Waals surface area contributed by atoms with E-state index in [-0.39, 0.29) is 16.8 Å². The molecule has 4 nitrogen and oxygen atoms in total. The van der Waals surface area contributed by atoms with Crippen molar-refractivity contribution in [3.05, 3.63) is 90.4 Å². The van der Waals surface area contributed by atoms with Gasteiger partial charge in [0.25, 0.3) is 0 Å². The Morgan fingerprint density at radius 3 is 2.32 bits per heavy atom. The summed E-state index contributed by atoms with van der Waals surface area (Å²) in [5.74, 6) is 0.404. The predicted octanol–water partition coefficient (Wildman–Crippen LogP) is 5.89. The Balaban J connectivity index is 1.59. The summed E-state index contributed by atoms with van der Waals surface area (Å²) in [4.78, 5) is 15.0. The first-order chi connectivity index (χ1) is 15.0. The van der Waals surface area contributed by atoms with Crippen LogP contribution in [0, 0.1) is 0 Å². The highest BCUT2D eigenvalue weighted by Crippen LogP contribution is 2.44. The van der Waals surface area contributed by atoms with E-state index < -0.39 is 0 Å². The Kier molecular flexibility index (Phi) is 6.28. The van der Waals surface area contributed by atoms with Crippen LogP contribution in [0.25, 0.3) is 0 Å². The molecule has 1 saturated heterocycles. The van der Waals surface area contributed by atoms with E-state index in [1.165, 1.54) is 5.56 Å². The van der Waals surface area contributed by atoms with Crippen molar-refractivity contribution >= 4 is 11.5 Å². The van der Waals surface area contributed by atoms with E-state index in [0.717, 1.165) is 38.1 Å². The number of carbonyl (C=O) groups excluding carboxylic acids is 1. The molecule has 1 aliphatic heterocycles. The second kappa shape index (κ2) is 9.11. The van der Waals surface area contributed by atoms with Crippen LogP contribution in [0.4, 0.5) is 5.69 Å². The molecular formula is C27H31NO3. The molecule has 0 aliphatic carbocycles. The first kappa shape index (κ1) is 21.4. The molecule has 0 radical (unpaired) electrons. The number of hydrogen-bond donors (Lipinski definition) is 0. The van der Waals surface area contributed by atoms with Crippen LogP contribution >= 0.6 is 0 Å². The number of ketones is 1.